The number of hydrogen-bond donors (Lipinski definition) is 1. The third kappa shape index (κ3) is 5.48. The number of hydrogen-bond acceptors (Lipinski definition) is 5. The summed E-state index contributed by atoms with van der Waals surface area (Å²) in [6.45, 7) is 3.95. The van der Waals surface area contributed by atoms with Gasteiger partial charge in [-0.2, -0.15) is 0 Å². The van der Waals surface area contributed by atoms with Crippen molar-refractivity contribution in [2.24, 2.45) is 0 Å². The zero-order chi connectivity index (χ0) is 21.9. The normalized spacial score (nSPS) is 12.7. The summed E-state index contributed by atoms with van der Waals surface area (Å²) in [5, 5.41) is 8.69. The van der Waals surface area contributed by atoms with E-state index in [1.807, 2.05) is 6.92 Å². The Bertz CT molecular complexity index is 1140. The highest BCUT2D eigenvalue weighted by Crippen LogP contribution is 2.25. The first kappa shape index (κ1) is 22.5. The molecule has 0 spiro atoms. The molecule has 0 aliphatic heterocycles. The molecular weight excluding hydrogens is 454 g/mol. The van der Waals surface area contributed by atoms with Crippen molar-refractivity contribution in [3.63, 3.8) is 0 Å². The fourth-order valence-corrected chi connectivity index (χ4v) is 4.48. The van der Waals surface area contributed by atoms with Gasteiger partial charge in [-0.3, -0.25) is 4.57 Å². The van der Waals surface area contributed by atoms with E-state index in [0.717, 1.165) is 0 Å². The molecule has 0 saturated carbocycles. The lowest BCUT2D eigenvalue weighted by Crippen LogP contribution is -2.30. The van der Waals surface area contributed by atoms with Crippen LogP contribution in [0.2, 0.25) is 10.0 Å². The molecule has 7 nitrogen and oxygen atoms in total. The summed E-state index contributed by atoms with van der Waals surface area (Å²) < 4.78 is 48.1. The van der Waals surface area contributed by atoms with Crippen molar-refractivity contribution in [1.29, 1.82) is 0 Å². The Morgan fingerprint density at radius 1 is 1.13 bits per heavy atom. The average molecular weight is 473 g/mol. The van der Waals surface area contributed by atoms with Gasteiger partial charge in [0.05, 0.1) is 21.8 Å². The van der Waals surface area contributed by atoms with Crippen molar-refractivity contribution < 1.29 is 17.5 Å². The van der Waals surface area contributed by atoms with E-state index < -0.39 is 16.1 Å². The van der Waals surface area contributed by atoms with Crippen molar-refractivity contribution in [3.8, 4) is 11.8 Å². The van der Waals surface area contributed by atoms with Crippen LogP contribution in [0.25, 0.3) is 0 Å². The first-order chi connectivity index (χ1) is 14.2. The van der Waals surface area contributed by atoms with Crippen LogP contribution in [0.5, 0.6) is 11.8 Å². The third-order valence-electron chi connectivity index (χ3n) is 4.17. The van der Waals surface area contributed by atoms with E-state index in [0.29, 0.717) is 28.7 Å². The van der Waals surface area contributed by atoms with Crippen LogP contribution >= 0.6 is 23.2 Å². The quantitative estimate of drug-likeness (QED) is 0.512. The molecule has 0 saturated heterocycles. The summed E-state index contributed by atoms with van der Waals surface area (Å²) in [6.07, 6.45) is 0. The first-order valence-electron chi connectivity index (χ1n) is 8.99. The topological polar surface area (TPSA) is 86.1 Å². The highest BCUT2D eigenvalue weighted by atomic mass is 35.5. The number of nitrogens with one attached hydrogen (secondary N) is 1. The van der Waals surface area contributed by atoms with E-state index in [4.69, 9.17) is 27.9 Å². The second kappa shape index (κ2) is 9.30. The van der Waals surface area contributed by atoms with E-state index in [9.17, 15) is 12.8 Å². The van der Waals surface area contributed by atoms with E-state index in [1.165, 1.54) is 30.3 Å². The fraction of sp³-hybridized carbons (Fsp3) is 0.263. The lowest BCUT2D eigenvalue weighted by Gasteiger charge is -2.15. The highest BCUT2D eigenvalue weighted by molar-refractivity contribution is 7.88. The maximum absolute atomic E-state index is 13.1. The van der Waals surface area contributed by atoms with Gasteiger partial charge >= 0.3 is 6.01 Å². The largest absolute Gasteiger partial charge is 0.424 e. The van der Waals surface area contributed by atoms with Gasteiger partial charge in [0, 0.05) is 6.54 Å². The molecule has 0 fully saturated rings. The number of nitrogens with zero attached hydrogens (tertiary/aromatic N) is 3. The Hall–Kier alpha value is -2.20. The summed E-state index contributed by atoms with van der Waals surface area (Å²) in [5.74, 6) is 0.114. The molecule has 3 rings (SSSR count). The van der Waals surface area contributed by atoms with Crippen LogP contribution in [-0.2, 0) is 22.3 Å². The Balaban J connectivity index is 1.75. The molecule has 1 heterocycles. The monoisotopic (exact) mass is 472 g/mol. The van der Waals surface area contributed by atoms with Crippen molar-refractivity contribution in [1.82, 2.24) is 19.5 Å². The Kier molecular flexibility index (Phi) is 6.97. The van der Waals surface area contributed by atoms with Gasteiger partial charge in [-0.05, 0) is 55.8 Å². The maximum atomic E-state index is 13.1. The van der Waals surface area contributed by atoms with Gasteiger partial charge in [-0.1, -0.05) is 34.4 Å². The SMILES string of the molecule is CCn1c(Oc2ccc(F)cc2)nnc1[C@@H](C)NS(=O)(=O)Cc1ccc(Cl)c(Cl)c1. The van der Waals surface area contributed by atoms with Crippen molar-refractivity contribution in [2.75, 3.05) is 0 Å². The number of halogens is 3. The zero-order valence-corrected chi connectivity index (χ0v) is 18.5. The summed E-state index contributed by atoms with van der Waals surface area (Å²) >= 11 is 11.8. The zero-order valence-electron chi connectivity index (χ0n) is 16.1. The van der Waals surface area contributed by atoms with Crippen molar-refractivity contribution in [2.45, 2.75) is 32.2 Å². The van der Waals surface area contributed by atoms with Gasteiger partial charge in [-0.25, -0.2) is 17.5 Å². The lowest BCUT2D eigenvalue weighted by atomic mass is 10.2. The minimum Gasteiger partial charge on any atom is -0.424 e. The summed E-state index contributed by atoms with van der Waals surface area (Å²) in [5.41, 5.74) is 0.501. The molecular formula is C19H19Cl2FN4O3S. The van der Waals surface area contributed by atoms with Crippen molar-refractivity contribution >= 4 is 33.2 Å². The molecule has 2 aromatic carbocycles. The van der Waals surface area contributed by atoms with Crippen LogP contribution < -0.4 is 9.46 Å². The summed E-state index contributed by atoms with van der Waals surface area (Å²) in [6, 6.07) is 9.62. The maximum Gasteiger partial charge on any atom is 0.322 e. The molecule has 3 aromatic rings. The molecule has 30 heavy (non-hydrogen) atoms. The van der Waals surface area contributed by atoms with Crippen LogP contribution in [0.4, 0.5) is 4.39 Å². The summed E-state index contributed by atoms with van der Waals surface area (Å²) in [7, 11) is -3.71. The average Bonchev–Trinajstić information content (AvgIpc) is 3.08. The molecule has 1 N–H and O–H groups in total. The smallest absolute Gasteiger partial charge is 0.322 e. The minimum absolute atomic E-state index is 0.176. The number of ether oxygens (including phenoxy) is 1. The number of aromatic nitrogens is 3. The Labute approximate surface area is 183 Å². The molecule has 11 heteroatoms. The van der Waals surface area contributed by atoms with Gasteiger partial charge in [-0.15, -0.1) is 5.10 Å². The van der Waals surface area contributed by atoms with Gasteiger partial charge < -0.3 is 4.74 Å². The second-order valence-electron chi connectivity index (χ2n) is 6.49. The predicted molar refractivity (Wildman–Crippen MR) is 113 cm³/mol. The van der Waals surface area contributed by atoms with E-state index in [-0.39, 0.29) is 22.6 Å². The molecule has 1 aromatic heterocycles. The molecule has 1 atom stereocenters. The second-order valence-corrected chi connectivity index (χ2v) is 9.06. The summed E-state index contributed by atoms with van der Waals surface area (Å²) in [4.78, 5) is 0. The lowest BCUT2D eigenvalue weighted by molar-refractivity contribution is 0.407. The first-order valence-corrected chi connectivity index (χ1v) is 11.4. The van der Waals surface area contributed by atoms with Crippen LogP contribution in [0, 0.1) is 5.82 Å². The highest BCUT2D eigenvalue weighted by Gasteiger charge is 2.23. The van der Waals surface area contributed by atoms with Gasteiger partial charge in [0.2, 0.25) is 10.0 Å². The predicted octanol–water partition coefficient (Wildman–Crippen LogP) is 4.72. The standard InChI is InChI=1S/C19H19Cl2FN4O3S/c1-3-26-18(23-24-19(26)29-15-7-5-14(22)6-8-15)12(2)25-30(27,28)11-13-4-9-16(20)17(21)10-13/h4-10,12,25H,3,11H2,1-2H3/t12-/m1/s1. The van der Waals surface area contributed by atoms with Crippen molar-refractivity contribution in [3.05, 3.63) is 69.7 Å². The van der Waals surface area contributed by atoms with E-state index in [2.05, 4.69) is 14.9 Å². The molecule has 0 bridgehead atoms. The van der Waals surface area contributed by atoms with Crippen LogP contribution in [0.3, 0.4) is 0 Å². The van der Waals surface area contributed by atoms with Gasteiger partial charge in [0.25, 0.3) is 0 Å². The Morgan fingerprint density at radius 2 is 1.83 bits per heavy atom. The van der Waals surface area contributed by atoms with Crippen LogP contribution in [0.15, 0.2) is 42.5 Å². The number of sulfonamides is 1. The number of rotatable bonds is 8. The minimum atomic E-state index is -3.71. The molecule has 0 aliphatic carbocycles. The van der Waals surface area contributed by atoms with E-state index in [1.54, 1.807) is 23.6 Å². The number of benzene rings is 2. The van der Waals surface area contributed by atoms with Crippen LogP contribution in [0.1, 0.15) is 31.3 Å². The van der Waals surface area contributed by atoms with E-state index >= 15 is 0 Å². The molecule has 160 valence electrons. The molecule has 0 aliphatic rings. The van der Waals surface area contributed by atoms with Gasteiger partial charge in [0.1, 0.15) is 11.6 Å². The van der Waals surface area contributed by atoms with Crippen LogP contribution in [-0.4, -0.2) is 23.2 Å². The molecule has 0 radical (unpaired) electrons. The third-order valence-corrected chi connectivity index (χ3v) is 6.33. The fourth-order valence-electron chi connectivity index (χ4n) is 2.81. The Morgan fingerprint density at radius 3 is 2.47 bits per heavy atom. The molecule has 0 amide bonds. The van der Waals surface area contributed by atoms with Gasteiger partial charge in [0.15, 0.2) is 5.82 Å². The molecule has 0 unspecified atom stereocenters.